The molecule has 0 heterocycles. The molecule has 0 aliphatic heterocycles. The van der Waals surface area contributed by atoms with E-state index in [9.17, 15) is 9.59 Å². The normalized spacial score (nSPS) is 10.4. The Bertz CT molecular complexity index is 452. The van der Waals surface area contributed by atoms with E-state index < -0.39 is 0 Å². The van der Waals surface area contributed by atoms with E-state index in [4.69, 9.17) is 9.47 Å². The van der Waals surface area contributed by atoms with Crippen LogP contribution in [0.2, 0.25) is 0 Å². The highest BCUT2D eigenvalue weighted by Crippen LogP contribution is 2.09. The highest BCUT2D eigenvalue weighted by molar-refractivity contribution is 5.77. The monoisotopic (exact) mass is 278 g/mol. The van der Waals surface area contributed by atoms with E-state index >= 15 is 0 Å². The summed E-state index contributed by atoms with van der Waals surface area (Å²) >= 11 is 0. The van der Waals surface area contributed by atoms with Crippen molar-refractivity contribution in [2.45, 2.75) is 40.2 Å². The van der Waals surface area contributed by atoms with Crippen LogP contribution in [0.3, 0.4) is 0 Å². The lowest BCUT2D eigenvalue weighted by atomic mass is 10.1. The largest absolute Gasteiger partial charge is 0.465 e. The van der Waals surface area contributed by atoms with Gasteiger partial charge in [0.25, 0.3) is 0 Å². The third-order valence-electron chi connectivity index (χ3n) is 2.76. The summed E-state index contributed by atoms with van der Waals surface area (Å²) in [6, 6.07) is 7.72. The van der Waals surface area contributed by atoms with Crippen molar-refractivity contribution in [3.8, 4) is 0 Å². The molecule has 0 aromatic heterocycles. The second-order valence-corrected chi connectivity index (χ2v) is 5.16. The molecule has 0 radical (unpaired) electrons. The van der Waals surface area contributed by atoms with Crippen molar-refractivity contribution in [1.29, 1.82) is 0 Å². The van der Waals surface area contributed by atoms with E-state index in [0.717, 1.165) is 11.1 Å². The summed E-state index contributed by atoms with van der Waals surface area (Å²) in [6.07, 6.45) is 0.127. The number of ether oxygens (including phenoxy) is 2. The fourth-order valence-corrected chi connectivity index (χ4v) is 1.54. The molecule has 0 aliphatic carbocycles. The van der Waals surface area contributed by atoms with Crippen LogP contribution < -0.4 is 0 Å². The van der Waals surface area contributed by atoms with Gasteiger partial charge in [0.2, 0.25) is 0 Å². The third-order valence-corrected chi connectivity index (χ3v) is 2.76. The fourth-order valence-electron chi connectivity index (χ4n) is 1.54. The minimum Gasteiger partial charge on any atom is -0.465 e. The number of rotatable bonds is 7. The van der Waals surface area contributed by atoms with Gasteiger partial charge in [0, 0.05) is 0 Å². The Kier molecular flexibility index (Phi) is 6.77. The second-order valence-electron chi connectivity index (χ2n) is 5.16. The molecule has 0 spiro atoms. The first-order valence-corrected chi connectivity index (χ1v) is 6.84. The van der Waals surface area contributed by atoms with E-state index in [1.807, 2.05) is 45.0 Å². The predicted molar refractivity (Wildman–Crippen MR) is 76.0 cm³/mol. The minimum absolute atomic E-state index is 0.0583. The highest BCUT2D eigenvalue weighted by atomic mass is 16.5. The van der Waals surface area contributed by atoms with Crippen LogP contribution in [-0.4, -0.2) is 18.5 Å². The van der Waals surface area contributed by atoms with Gasteiger partial charge >= 0.3 is 11.9 Å². The van der Waals surface area contributed by atoms with Crippen molar-refractivity contribution in [3.63, 3.8) is 0 Å². The number of hydrogen-bond donors (Lipinski definition) is 0. The van der Waals surface area contributed by atoms with Crippen LogP contribution in [0.15, 0.2) is 24.3 Å². The molecule has 20 heavy (non-hydrogen) atoms. The zero-order valence-electron chi connectivity index (χ0n) is 12.3. The molecule has 0 saturated heterocycles. The van der Waals surface area contributed by atoms with Crippen LogP contribution in [-0.2, 0) is 25.7 Å². The Morgan fingerprint density at radius 3 is 2.25 bits per heavy atom. The number of hydrogen-bond acceptors (Lipinski definition) is 4. The number of aryl methyl sites for hydroxylation is 1. The van der Waals surface area contributed by atoms with Gasteiger partial charge in [0.1, 0.15) is 6.61 Å². The molecule has 4 heteroatoms. The summed E-state index contributed by atoms with van der Waals surface area (Å²) in [5.41, 5.74) is 2.06. The first-order chi connectivity index (χ1) is 9.49. The first kappa shape index (κ1) is 16.2. The smallest absolute Gasteiger partial charge is 0.306 e. The van der Waals surface area contributed by atoms with E-state index in [1.54, 1.807) is 0 Å². The molecule has 0 amide bonds. The van der Waals surface area contributed by atoms with Crippen molar-refractivity contribution in [3.05, 3.63) is 35.4 Å². The third kappa shape index (κ3) is 6.36. The Hall–Kier alpha value is -1.84. The molecule has 1 rings (SSSR count). The number of benzene rings is 1. The van der Waals surface area contributed by atoms with Crippen molar-refractivity contribution in [2.75, 3.05) is 6.61 Å². The molecular weight excluding hydrogens is 256 g/mol. The summed E-state index contributed by atoms with van der Waals surface area (Å²) in [4.78, 5) is 22.9. The van der Waals surface area contributed by atoms with Crippen molar-refractivity contribution >= 4 is 11.9 Å². The summed E-state index contributed by atoms with van der Waals surface area (Å²) in [5.74, 6) is -0.437. The number of esters is 2. The standard InChI is InChI=1S/C16H22O4/c1-12(2)10-19-15(17)8-9-16(18)20-11-14-7-5-4-6-13(14)3/h4-7,12H,8-11H2,1-3H3. The summed E-state index contributed by atoms with van der Waals surface area (Å²) in [7, 11) is 0. The SMILES string of the molecule is Cc1ccccc1COC(=O)CCC(=O)OCC(C)C. The average Bonchev–Trinajstić information content (AvgIpc) is 2.42. The topological polar surface area (TPSA) is 52.6 Å². The average molecular weight is 278 g/mol. The van der Waals surface area contributed by atoms with Gasteiger partial charge in [-0.05, 0) is 24.0 Å². The lowest BCUT2D eigenvalue weighted by Crippen LogP contribution is -2.13. The number of carbonyl (C=O) groups is 2. The molecule has 1 aromatic carbocycles. The molecule has 0 saturated carbocycles. The molecule has 0 aliphatic rings. The fraction of sp³-hybridized carbons (Fsp3) is 0.500. The Morgan fingerprint density at radius 2 is 1.65 bits per heavy atom. The Labute approximate surface area is 120 Å². The maximum atomic E-state index is 11.5. The van der Waals surface area contributed by atoms with E-state index in [2.05, 4.69) is 0 Å². The Morgan fingerprint density at radius 1 is 1.05 bits per heavy atom. The minimum atomic E-state index is -0.380. The van der Waals surface area contributed by atoms with Crippen LogP contribution in [0.5, 0.6) is 0 Å². The van der Waals surface area contributed by atoms with Gasteiger partial charge in [0.05, 0.1) is 19.4 Å². The molecule has 0 atom stereocenters. The predicted octanol–water partition coefficient (Wildman–Crippen LogP) is 3.02. The van der Waals surface area contributed by atoms with Gasteiger partial charge in [-0.25, -0.2) is 0 Å². The molecular formula is C16H22O4. The van der Waals surface area contributed by atoms with Crippen LogP contribution in [0.25, 0.3) is 0 Å². The van der Waals surface area contributed by atoms with Crippen molar-refractivity contribution in [1.82, 2.24) is 0 Å². The van der Waals surface area contributed by atoms with E-state index in [0.29, 0.717) is 12.5 Å². The molecule has 1 aromatic rings. The first-order valence-electron chi connectivity index (χ1n) is 6.84. The van der Waals surface area contributed by atoms with Crippen molar-refractivity contribution < 1.29 is 19.1 Å². The van der Waals surface area contributed by atoms with Crippen LogP contribution in [0.4, 0.5) is 0 Å². The summed E-state index contributed by atoms with van der Waals surface area (Å²) in [6.45, 7) is 6.52. The molecule has 0 fully saturated rings. The van der Waals surface area contributed by atoms with Gasteiger partial charge in [-0.15, -0.1) is 0 Å². The summed E-state index contributed by atoms with van der Waals surface area (Å²) in [5, 5.41) is 0. The maximum Gasteiger partial charge on any atom is 0.306 e. The van der Waals surface area contributed by atoms with Gasteiger partial charge in [0.15, 0.2) is 0 Å². The van der Waals surface area contributed by atoms with Gasteiger partial charge < -0.3 is 9.47 Å². The van der Waals surface area contributed by atoms with Crippen molar-refractivity contribution in [2.24, 2.45) is 5.92 Å². The lowest BCUT2D eigenvalue weighted by Gasteiger charge is -2.08. The quantitative estimate of drug-likeness (QED) is 0.719. The van der Waals surface area contributed by atoms with Crippen LogP contribution in [0.1, 0.15) is 37.8 Å². The zero-order valence-corrected chi connectivity index (χ0v) is 12.3. The molecule has 0 bridgehead atoms. The number of carbonyl (C=O) groups excluding carboxylic acids is 2. The molecule has 0 N–H and O–H groups in total. The zero-order chi connectivity index (χ0) is 15.0. The lowest BCUT2D eigenvalue weighted by molar-refractivity contribution is -0.151. The maximum absolute atomic E-state index is 11.5. The van der Waals surface area contributed by atoms with E-state index in [1.165, 1.54) is 0 Å². The highest BCUT2D eigenvalue weighted by Gasteiger charge is 2.10. The molecule has 0 unspecified atom stereocenters. The van der Waals surface area contributed by atoms with Gasteiger partial charge in [-0.1, -0.05) is 38.1 Å². The molecule has 4 nitrogen and oxygen atoms in total. The summed E-state index contributed by atoms with van der Waals surface area (Å²) < 4.78 is 10.1. The second kappa shape index (κ2) is 8.35. The van der Waals surface area contributed by atoms with Gasteiger partial charge in [-0.3, -0.25) is 9.59 Å². The molecule has 110 valence electrons. The van der Waals surface area contributed by atoms with Crippen LogP contribution in [0, 0.1) is 12.8 Å². The van der Waals surface area contributed by atoms with Crippen LogP contribution >= 0.6 is 0 Å². The van der Waals surface area contributed by atoms with E-state index in [-0.39, 0.29) is 31.4 Å². The van der Waals surface area contributed by atoms with Gasteiger partial charge in [-0.2, -0.15) is 0 Å². The Balaban J connectivity index is 2.24.